The van der Waals surface area contributed by atoms with Gasteiger partial charge in [0.2, 0.25) is 0 Å². The molecule has 0 radical (unpaired) electrons. The van der Waals surface area contributed by atoms with Gasteiger partial charge >= 0.3 is 0 Å². The van der Waals surface area contributed by atoms with Crippen LogP contribution in [-0.4, -0.2) is 18.9 Å². The number of hydrogen-bond donors (Lipinski definition) is 0. The summed E-state index contributed by atoms with van der Waals surface area (Å²) >= 11 is 0. The molecule has 0 spiro atoms. The lowest BCUT2D eigenvalue weighted by Crippen LogP contribution is -2.25. The Morgan fingerprint density at radius 1 is 0.643 bits per heavy atom. The van der Waals surface area contributed by atoms with Crippen LogP contribution in [0.25, 0.3) is 0 Å². The van der Waals surface area contributed by atoms with E-state index in [0.29, 0.717) is 0 Å². The highest BCUT2D eigenvalue weighted by Gasteiger charge is 2.40. The minimum absolute atomic E-state index is 0.00954. The van der Waals surface area contributed by atoms with Crippen molar-refractivity contribution in [3.05, 3.63) is 0 Å². The summed E-state index contributed by atoms with van der Waals surface area (Å²) in [5, 5.41) is 0.0576. The van der Waals surface area contributed by atoms with Crippen molar-refractivity contribution in [2.24, 2.45) is 0 Å². The zero-order chi connectivity index (χ0) is 10.0. The van der Waals surface area contributed by atoms with E-state index in [9.17, 15) is 8.42 Å². The summed E-state index contributed by atoms with van der Waals surface area (Å²) in [6, 6.07) is 0. The van der Waals surface area contributed by atoms with E-state index >= 15 is 0 Å². The first kappa shape index (κ1) is 10.5. The molecule has 0 bridgehead atoms. The molecule has 0 aliphatic heterocycles. The molecule has 3 heteroatoms. The van der Waals surface area contributed by atoms with E-state index in [4.69, 9.17) is 0 Å². The zero-order valence-corrected chi connectivity index (χ0v) is 9.56. The predicted molar refractivity (Wildman–Crippen MR) is 58.0 cm³/mol. The molecule has 0 unspecified atom stereocenters. The average molecular weight is 216 g/mol. The summed E-state index contributed by atoms with van der Waals surface area (Å²) in [5.41, 5.74) is 0. The Morgan fingerprint density at radius 2 is 1.07 bits per heavy atom. The largest absolute Gasteiger partial charge is 0.228 e. The molecule has 82 valence electrons. The molecule has 0 aromatic carbocycles. The Kier molecular flexibility index (Phi) is 3.15. The van der Waals surface area contributed by atoms with E-state index in [2.05, 4.69) is 0 Å². The second-order valence-corrected chi connectivity index (χ2v) is 7.27. The summed E-state index contributed by atoms with van der Waals surface area (Å²) in [7, 11) is -2.73. The molecule has 0 saturated heterocycles. The molecule has 2 saturated carbocycles. The van der Waals surface area contributed by atoms with Crippen LogP contribution < -0.4 is 0 Å². The molecule has 14 heavy (non-hydrogen) atoms. The molecule has 2 fully saturated rings. The van der Waals surface area contributed by atoms with Crippen LogP contribution >= 0.6 is 0 Å². The molecule has 2 nitrogen and oxygen atoms in total. The predicted octanol–water partition coefficient (Wildman–Crippen LogP) is 2.68. The van der Waals surface area contributed by atoms with Gasteiger partial charge in [0.15, 0.2) is 9.84 Å². The highest BCUT2D eigenvalue weighted by Crippen LogP contribution is 2.35. The number of rotatable bonds is 2. The van der Waals surface area contributed by atoms with E-state index in [-0.39, 0.29) is 10.5 Å². The lowest BCUT2D eigenvalue weighted by atomic mass is 10.0. The molecule has 0 atom stereocenters. The fourth-order valence-corrected chi connectivity index (χ4v) is 4.74. The van der Waals surface area contributed by atoms with Crippen LogP contribution in [0.4, 0.5) is 0 Å². The van der Waals surface area contributed by atoms with Crippen LogP contribution in [0.1, 0.15) is 57.8 Å². The molecule has 0 heterocycles. The maximum Gasteiger partial charge on any atom is 0.156 e. The maximum absolute atomic E-state index is 12.0. The fraction of sp³-hybridized carbons (Fsp3) is 1.00. The van der Waals surface area contributed by atoms with Crippen LogP contribution in [0.5, 0.6) is 0 Å². The molecule has 0 aromatic heterocycles. The molecule has 0 N–H and O–H groups in total. The summed E-state index contributed by atoms with van der Waals surface area (Å²) in [6.07, 6.45) is 9.73. The molecule has 2 aliphatic carbocycles. The van der Waals surface area contributed by atoms with E-state index in [1.807, 2.05) is 0 Å². The number of sulfone groups is 1. The van der Waals surface area contributed by atoms with Gasteiger partial charge in [0.25, 0.3) is 0 Å². The Bertz CT molecular complexity index is 270. The van der Waals surface area contributed by atoms with Crippen LogP contribution in [0, 0.1) is 0 Å². The van der Waals surface area contributed by atoms with E-state index in [1.54, 1.807) is 0 Å². The smallest absolute Gasteiger partial charge is 0.156 e. The highest BCUT2D eigenvalue weighted by molar-refractivity contribution is 7.92. The number of hydrogen-bond acceptors (Lipinski definition) is 2. The Morgan fingerprint density at radius 3 is 1.57 bits per heavy atom. The van der Waals surface area contributed by atoms with Gasteiger partial charge < -0.3 is 0 Å². The monoisotopic (exact) mass is 216 g/mol. The first-order valence-corrected chi connectivity index (χ1v) is 7.55. The third kappa shape index (κ3) is 2.30. The lowest BCUT2D eigenvalue weighted by Gasteiger charge is -2.19. The maximum atomic E-state index is 12.0. The van der Waals surface area contributed by atoms with Crippen molar-refractivity contribution in [1.82, 2.24) is 0 Å². The fourth-order valence-electron chi connectivity index (χ4n) is 2.42. The second-order valence-electron chi connectivity index (χ2n) is 4.76. The summed E-state index contributed by atoms with van der Waals surface area (Å²) < 4.78 is 24.0. The van der Waals surface area contributed by atoms with Gasteiger partial charge in [-0.05, 0) is 25.7 Å². The van der Waals surface area contributed by atoms with Crippen molar-refractivity contribution in [3.63, 3.8) is 0 Å². The van der Waals surface area contributed by atoms with Gasteiger partial charge in [-0.25, -0.2) is 8.42 Å². The summed E-state index contributed by atoms with van der Waals surface area (Å²) in [6.45, 7) is 0. The molecule has 2 aliphatic rings. The van der Waals surface area contributed by atoms with Gasteiger partial charge in [-0.3, -0.25) is 0 Å². The standard InChI is InChI=1S/C11H20O2S/c12-14(13,11-8-9-11)10-6-4-2-1-3-5-7-10/h10-11H,1-9H2. The first-order valence-electron chi connectivity index (χ1n) is 5.94. The van der Waals surface area contributed by atoms with E-state index in [0.717, 1.165) is 38.5 Å². The molecule has 0 aromatic rings. The Hall–Kier alpha value is -0.0500. The summed E-state index contributed by atoms with van der Waals surface area (Å²) in [5.74, 6) is 0. The lowest BCUT2D eigenvalue weighted by molar-refractivity contribution is 0.487. The minimum Gasteiger partial charge on any atom is -0.228 e. The van der Waals surface area contributed by atoms with Crippen molar-refractivity contribution in [2.75, 3.05) is 0 Å². The average Bonchev–Trinajstić information content (AvgIpc) is 2.83. The van der Waals surface area contributed by atoms with Crippen molar-refractivity contribution in [1.29, 1.82) is 0 Å². The molecule has 2 rings (SSSR count). The third-order valence-electron chi connectivity index (χ3n) is 3.51. The van der Waals surface area contributed by atoms with Crippen molar-refractivity contribution in [2.45, 2.75) is 68.3 Å². The van der Waals surface area contributed by atoms with E-state index in [1.165, 1.54) is 19.3 Å². The topological polar surface area (TPSA) is 34.1 Å². The van der Waals surface area contributed by atoms with Crippen LogP contribution in [-0.2, 0) is 9.84 Å². The third-order valence-corrected chi connectivity index (χ3v) is 6.31. The van der Waals surface area contributed by atoms with Gasteiger partial charge in [0.1, 0.15) is 0 Å². The van der Waals surface area contributed by atoms with Gasteiger partial charge in [-0.15, -0.1) is 0 Å². The van der Waals surface area contributed by atoms with Crippen LogP contribution in [0.3, 0.4) is 0 Å². The van der Waals surface area contributed by atoms with Gasteiger partial charge in [0, 0.05) is 0 Å². The van der Waals surface area contributed by atoms with Crippen LogP contribution in [0.15, 0.2) is 0 Å². The second kappa shape index (κ2) is 4.21. The summed E-state index contributed by atoms with van der Waals surface area (Å²) in [4.78, 5) is 0. The van der Waals surface area contributed by atoms with Crippen molar-refractivity contribution in [3.8, 4) is 0 Å². The van der Waals surface area contributed by atoms with Crippen molar-refractivity contribution >= 4 is 9.84 Å². The van der Waals surface area contributed by atoms with Crippen molar-refractivity contribution < 1.29 is 8.42 Å². The van der Waals surface area contributed by atoms with Gasteiger partial charge in [-0.1, -0.05) is 32.1 Å². The highest BCUT2D eigenvalue weighted by atomic mass is 32.2. The molecular formula is C11H20O2S. The Balaban J connectivity index is 1.99. The first-order chi connectivity index (χ1) is 6.71. The zero-order valence-electron chi connectivity index (χ0n) is 8.74. The normalized spacial score (nSPS) is 26.9. The van der Waals surface area contributed by atoms with Gasteiger partial charge in [0.05, 0.1) is 10.5 Å². The quantitative estimate of drug-likeness (QED) is 0.711. The van der Waals surface area contributed by atoms with Gasteiger partial charge in [-0.2, -0.15) is 0 Å². The molecule has 0 amide bonds. The van der Waals surface area contributed by atoms with E-state index < -0.39 is 9.84 Å². The molecular weight excluding hydrogens is 196 g/mol. The Labute approximate surface area is 87.0 Å². The van der Waals surface area contributed by atoms with Crippen LogP contribution in [0.2, 0.25) is 0 Å². The minimum atomic E-state index is -2.73. The SMILES string of the molecule is O=S(=O)(C1CCCCCCC1)C1CC1.